The van der Waals surface area contributed by atoms with Gasteiger partial charge in [-0.2, -0.15) is 0 Å². The fourth-order valence-corrected chi connectivity index (χ4v) is 3.10. The largest absolute Gasteiger partial charge is 0.497 e. The lowest BCUT2D eigenvalue weighted by atomic mass is 10.0. The van der Waals surface area contributed by atoms with Gasteiger partial charge in [0.2, 0.25) is 0 Å². The number of rotatable bonds is 7. The molecule has 0 bridgehead atoms. The second kappa shape index (κ2) is 8.40. The van der Waals surface area contributed by atoms with E-state index in [-0.39, 0.29) is 0 Å². The van der Waals surface area contributed by atoms with Crippen LogP contribution >= 0.6 is 0 Å². The van der Waals surface area contributed by atoms with Crippen molar-refractivity contribution in [1.29, 1.82) is 0 Å². The molecule has 0 radical (unpaired) electrons. The third-order valence-electron chi connectivity index (χ3n) is 4.63. The molecule has 3 heteroatoms. The summed E-state index contributed by atoms with van der Waals surface area (Å²) < 4.78 is 5.20. The zero-order valence-electron chi connectivity index (χ0n) is 13.8. The number of methoxy groups -OCH3 is 1. The van der Waals surface area contributed by atoms with Crippen molar-refractivity contribution in [3.8, 4) is 5.75 Å². The number of ether oxygens (including phenoxy) is 1. The predicted octanol–water partition coefficient (Wildman–Crippen LogP) is 3.61. The van der Waals surface area contributed by atoms with Crippen LogP contribution in [0.25, 0.3) is 0 Å². The summed E-state index contributed by atoms with van der Waals surface area (Å²) in [7, 11) is 1.71. The molecule has 0 aromatic heterocycles. The molecule has 1 N–H and O–H groups in total. The Morgan fingerprint density at radius 2 is 2.05 bits per heavy atom. The average molecular weight is 290 g/mol. The summed E-state index contributed by atoms with van der Waals surface area (Å²) in [5.41, 5.74) is 1.32. The smallest absolute Gasteiger partial charge is 0.118 e. The van der Waals surface area contributed by atoms with Crippen LogP contribution in [-0.4, -0.2) is 37.7 Å². The number of benzene rings is 1. The molecule has 118 valence electrons. The van der Waals surface area contributed by atoms with E-state index in [2.05, 4.69) is 36.2 Å². The van der Waals surface area contributed by atoms with Crippen LogP contribution in [0.4, 0.5) is 0 Å². The highest BCUT2D eigenvalue weighted by atomic mass is 16.5. The first-order chi connectivity index (χ1) is 10.2. The van der Waals surface area contributed by atoms with Crippen molar-refractivity contribution >= 4 is 0 Å². The van der Waals surface area contributed by atoms with E-state index in [1.54, 1.807) is 7.11 Å². The lowest BCUT2D eigenvalue weighted by molar-refractivity contribution is 0.158. The van der Waals surface area contributed by atoms with Crippen LogP contribution in [-0.2, 0) is 0 Å². The molecule has 1 aliphatic heterocycles. The molecule has 1 heterocycles. The number of hydrogen-bond acceptors (Lipinski definition) is 3. The van der Waals surface area contributed by atoms with Crippen LogP contribution in [0.5, 0.6) is 5.75 Å². The number of likely N-dealkylation sites (tertiary alicyclic amines) is 1. The maximum absolute atomic E-state index is 5.20. The summed E-state index contributed by atoms with van der Waals surface area (Å²) in [6, 6.07) is 9.52. The second-order valence-electron chi connectivity index (χ2n) is 6.18. The van der Waals surface area contributed by atoms with Gasteiger partial charge in [-0.05, 0) is 70.4 Å². The first kappa shape index (κ1) is 16.3. The number of nitrogens with one attached hydrogen (secondary N) is 1. The van der Waals surface area contributed by atoms with E-state index in [1.807, 2.05) is 12.1 Å². The summed E-state index contributed by atoms with van der Waals surface area (Å²) in [5.74, 6) is 0.921. The minimum atomic E-state index is 0.398. The molecule has 1 aromatic carbocycles. The third-order valence-corrected chi connectivity index (χ3v) is 4.63. The molecule has 0 spiro atoms. The molecule has 2 unspecified atom stereocenters. The topological polar surface area (TPSA) is 24.5 Å². The summed E-state index contributed by atoms with van der Waals surface area (Å²) in [5, 5.41) is 3.62. The Labute approximate surface area is 129 Å². The normalized spacial score (nSPS) is 21.2. The van der Waals surface area contributed by atoms with Crippen molar-refractivity contribution < 1.29 is 4.74 Å². The van der Waals surface area contributed by atoms with Crippen molar-refractivity contribution in [3.05, 3.63) is 29.8 Å². The Morgan fingerprint density at radius 3 is 2.71 bits per heavy atom. The Hall–Kier alpha value is -1.06. The minimum Gasteiger partial charge on any atom is -0.497 e. The third kappa shape index (κ3) is 5.01. The van der Waals surface area contributed by atoms with E-state index in [9.17, 15) is 0 Å². The highest BCUT2D eigenvalue weighted by molar-refractivity contribution is 5.28. The van der Waals surface area contributed by atoms with Crippen LogP contribution < -0.4 is 10.1 Å². The lowest BCUT2D eigenvalue weighted by Gasteiger charge is -2.33. The zero-order chi connectivity index (χ0) is 15.1. The van der Waals surface area contributed by atoms with Gasteiger partial charge in [-0.3, -0.25) is 0 Å². The molecule has 0 aliphatic carbocycles. The van der Waals surface area contributed by atoms with E-state index in [4.69, 9.17) is 4.74 Å². The van der Waals surface area contributed by atoms with Gasteiger partial charge in [0.1, 0.15) is 5.75 Å². The summed E-state index contributed by atoms with van der Waals surface area (Å²) in [6.07, 6.45) is 5.38. The minimum absolute atomic E-state index is 0.398. The molecule has 1 saturated heterocycles. The standard InChI is InChI=1S/C18H30N2O/c1-15-7-4-5-13-20(15)14-6-12-19-16(2)17-8-10-18(21-3)11-9-17/h8-11,15-16,19H,4-7,12-14H2,1-3H3. The Bertz CT molecular complexity index is 404. The maximum atomic E-state index is 5.20. The zero-order valence-corrected chi connectivity index (χ0v) is 13.8. The van der Waals surface area contributed by atoms with Crippen LogP contribution in [0.2, 0.25) is 0 Å². The van der Waals surface area contributed by atoms with Gasteiger partial charge < -0.3 is 15.0 Å². The summed E-state index contributed by atoms with van der Waals surface area (Å²) >= 11 is 0. The highest BCUT2D eigenvalue weighted by Gasteiger charge is 2.17. The van der Waals surface area contributed by atoms with E-state index in [1.165, 1.54) is 44.3 Å². The molecule has 0 amide bonds. The van der Waals surface area contributed by atoms with E-state index in [0.717, 1.165) is 18.3 Å². The number of piperidine rings is 1. The molecular formula is C18H30N2O. The Kier molecular flexibility index (Phi) is 6.52. The fraction of sp³-hybridized carbons (Fsp3) is 0.667. The van der Waals surface area contributed by atoms with Crippen LogP contribution in [0, 0.1) is 0 Å². The van der Waals surface area contributed by atoms with Gasteiger partial charge >= 0.3 is 0 Å². The van der Waals surface area contributed by atoms with Gasteiger partial charge in [0.25, 0.3) is 0 Å². The Balaban J connectivity index is 1.67. The van der Waals surface area contributed by atoms with Gasteiger partial charge in [0, 0.05) is 12.1 Å². The SMILES string of the molecule is COc1ccc(C(C)NCCCN2CCCCC2C)cc1. The van der Waals surface area contributed by atoms with Gasteiger partial charge in [-0.15, -0.1) is 0 Å². The number of hydrogen-bond donors (Lipinski definition) is 1. The van der Waals surface area contributed by atoms with Crippen LogP contribution in [0.15, 0.2) is 24.3 Å². The molecule has 1 aromatic rings. The predicted molar refractivity (Wildman–Crippen MR) is 88.9 cm³/mol. The quantitative estimate of drug-likeness (QED) is 0.776. The molecule has 2 atom stereocenters. The lowest BCUT2D eigenvalue weighted by Crippen LogP contribution is -2.39. The molecule has 2 rings (SSSR count). The molecular weight excluding hydrogens is 260 g/mol. The van der Waals surface area contributed by atoms with E-state index >= 15 is 0 Å². The van der Waals surface area contributed by atoms with Crippen molar-refractivity contribution in [2.75, 3.05) is 26.7 Å². The maximum Gasteiger partial charge on any atom is 0.118 e. The second-order valence-corrected chi connectivity index (χ2v) is 6.18. The summed E-state index contributed by atoms with van der Waals surface area (Å²) in [6.45, 7) is 8.19. The van der Waals surface area contributed by atoms with Crippen molar-refractivity contribution in [2.24, 2.45) is 0 Å². The molecule has 1 fully saturated rings. The van der Waals surface area contributed by atoms with Crippen molar-refractivity contribution in [1.82, 2.24) is 10.2 Å². The van der Waals surface area contributed by atoms with E-state index in [0.29, 0.717) is 6.04 Å². The monoisotopic (exact) mass is 290 g/mol. The van der Waals surface area contributed by atoms with Gasteiger partial charge in [-0.25, -0.2) is 0 Å². The first-order valence-corrected chi connectivity index (χ1v) is 8.32. The van der Waals surface area contributed by atoms with Crippen LogP contribution in [0.3, 0.4) is 0 Å². The number of nitrogens with zero attached hydrogens (tertiary/aromatic N) is 1. The molecule has 0 saturated carbocycles. The van der Waals surface area contributed by atoms with Gasteiger partial charge in [-0.1, -0.05) is 18.6 Å². The molecule has 21 heavy (non-hydrogen) atoms. The van der Waals surface area contributed by atoms with Crippen molar-refractivity contribution in [2.45, 2.75) is 51.6 Å². The molecule has 1 aliphatic rings. The fourth-order valence-electron chi connectivity index (χ4n) is 3.10. The van der Waals surface area contributed by atoms with Crippen LogP contribution in [0.1, 0.15) is 51.1 Å². The van der Waals surface area contributed by atoms with Crippen molar-refractivity contribution in [3.63, 3.8) is 0 Å². The van der Waals surface area contributed by atoms with Gasteiger partial charge in [0.15, 0.2) is 0 Å². The first-order valence-electron chi connectivity index (χ1n) is 8.32. The van der Waals surface area contributed by atoms with Gasteiger partial charge in [0.05, 0.1) is 7.11 Å². The average Bonchev–Trinajstić information content (AvgIpc) is 2.53. The molecule has 3 nitrogen and oxygen atoms in total. The van der Waals surface area contributed by atoms with E-state index < -0.39 is 0 Å². The summed E-state index contributed by atoms with van der Waals surface area (Å²) in [4.78, 5) is 2.64. The highest BCUT2D eigenvalue weighted by Crippen LogP contribution is 2.18. The Morgan fingerprint density at radius 1 is 1.29 bits per heavy atom.